The molecule has 1 heterocycles. The van der Waals surface area contributed by atoms with Crippen LogP contribution in [0, 0.1) is 5.92 Å². The summed E-state index contributed by atoms with van der Waals surface area (Å²) in [6, 6.07) is 13.0. The molecule has 0 radical (unpaired) electrons. The molecule has 2 aromatic rings. The van der Waals surface area contributed by atoms with E-state index < -0.39 is 0 Å². The Morgan fingerprint density at radius 2 is 1.82 bits per heavy atom. The van der Waals surface area contributed by atoms with Crippen molar-refractivity contribution in [1.82, 2.24) is 0 Å². The Hall–Kier alpha value is -3.22. The Labute approximate surface area is 196 Å². The number of anilines is 2. The van der Waals surface area contributed by atoms with Crippen LogP contribution in [0.4, 0.5) is 11.4 Å². The van der Waals surface area contributed by atoms with Gasteiger partial charge in [0.05, 0.1) is 25.1 Å². The zero-order valence-electron chi connectivity index (χ0n) is 19.6. The molecular formula is C26H35N3O4. The second-order valence-electron chi connectivity index (χ2n) is 8.41. The highest BCUT2D eigenvalue weighted by Crippen LogP contribution is 2.32. The molecule has 33 heavy (non-hydrogen) atoms. The molecule has 0 aliphatic carbocycles. The maximum Gasteiger partial charge on any atom is 0.255 e. The molecule has 1 saturated heterocycles. The van der Waals surface area contributed by atoms with Crippen molar-refractivity contribution in [1.29, 1.82) is 0 Å². The Balaban J connectivity index is 1.66. The number of unbranched alkanes of at least 4 members (excludes halogenated alkanes) is 3. The van der Waals surface area contributed by atoms with Gasteiger partial charge in [-0.3, -0.25) is 9.59 Å². The summed E-state index contributed by atoms with van der Waals surface area (Å²) in [6.07, 6.45) is 5.95. The number of nitrogens with one attached hydrogen (secondary N) is 1. The van der Waals surface area contributed by atoms with E-state index >= 15 is 0 Å². The van der Waals surface area contributed by atoms with Crippen LogP contribution >= 0.6 is 0 Å². The largest absolute Gasteiger partial charge is 0.493 e. The first-order valence-corrected chi connectivity index (χ1v) is 11.8. The average molecular weight is 454 g/mol. The van der Waals surface area contributed by atoms with E-state index in [1.165, 1.54) is 12.8 Å². The summed E-state index contributed by atoms with van der Waals surface area (Å²) in [4.78, 5) is 26.7. The van der Waals surface area contributed by atoms with Crippen molar-refractivity contribution < 1.29 is 19.1 Å². The number of methoxy groups -OCH3 is 1. The number of carbonyl (C=O) groups excluding carboxylic acids is 2. The molecule has 0 aromatic heterocycles. The van der Waals surface area contributed by atoms with Crippen LogP contribution in [-0.2, 0) is 4.79 Å². The van der Waals surface area contributed by atoms with Gasteiger partial charge in [-0.1, -0.05) is 38.3 Å². The molecule has 0 saturated carbocycles. The zero-order chi connectivity index (χ0) is 23.6. The fourth-order valence-electron chi connectivity index (χ4n) is 4.09. The van der Waals surface area contributed by atoms with Crippen LogP contribution in [0.2, 0.25) is 0 Å². The highest BCUT2D eigenvalue weighted by Gasteiger charge is 2.24. The van der Waals surface area contributed by atoms with Gasteiger partial charge < -0.3 is 25.4 Å². The van der Waals surface area contributed by atoms with E-state index in [2.05, 4.69) is 17.1 Å². The Morgan fingerprint density at radius 3 is 2.52 bits per heavy atom. The number of ether oxygens (including phenoxy) is 2. The molecule has 2 aromatic carbocycles. The molecule has 1 aliphatic rings. The van der Waals surface area contributed by atoms with Gasteiger partial charge in [-0.15, -0.1) is 0 Å². The van der Waals surface area contributed by atoms with Crippen molar-refractivity contribution in [2.75, 3.05) is 37.0 Å². The zero-order valence-corrected chi connectivity index (χ0v) is 19.6. The topological polar surface area (TPSA) is 93.9 Å². The van der Waals surface area contributed by atoms with Gasteiger partial charge in [-0.05, 0) is 49.6 Å². The number of benzene rings is 2. The van der Waals surface area contributed by atoms with E-state index in [1.807, 2.05) is 24.3 Å². The second kappa shape index (κ2) is 12.1. The molecule has 3 rings (SSSR count). The number of rotatable bonds is 11. The molecule has 1 fully saturated rings. The average Bonchev–Trinajstić information content (AvgIpc) is 2.84. The lowest BCUT2D eigenvalue weighted by atomic mass is 9.96. The van der Waals surface area contributed by atoms with Gasteiger partial charge in [0.2, 0.25) is 5.91 Å². The molecule has 0 spiro atoms. The fraction of sp³-hybridized carbons (Fsp3) is 0.462. The van der Waals surface area contributed by atoms with E-state index in [4.69, 9.17) is 15.2 Å². The first kappa shape index (κ1) is 24.4. The minimum absolute atomic E-state index is 0.0807. The molecule has 0 unspecified atom stereocenters. The van der Waals surface area contributed by atoms with E-state index in [1.54, 1.807) is 25.3 Å². The lowest BCUT2D eigenvalue weighted by Gasteiger charge is -2.33. The summed E-state index contributed by atoms with van der Waals surface area (Å²) < 4.78 is 11.3. The number of hydrogen-bond acceptors (Lipinski definition) is 5. The molecule has 1 aliphatic heterocycles. The van der Waals surface area contributed by atoms with Crippen LogP contribution in [0.1, 0.15) is 55.8 Å². The summed E-state index contributed by atoms with van der Waals surface area (Å²) >= 11 is 0. The number of para-hydroxylation sites is 2. The van der Waals surface area contributed by atoms with Crippen molar-refractivity contribution in [3.8, 4) is 11.5 Å². The van der Waals surface area contributed by atoms with Crippen molar-refractivity contribution in [3.63, 3.8) is 0 Å². The van der Waals surface area contributed by atoms with Gasteiger partial charge in [0.15, 0.2) is 11.5 Å². The van der Waals surface area contributed by atoms with Gasteiger partial charge in [-0.2, -0.15) is 0 Å². The summed E-state index contributed by atoms with van der Waals surface area (Å²) in [6.45, 7) is 4.25. The molecule has 7 heteroatoms. The monoisotopic (exact) mass is 453 g/mol. The highest BCUT2D eigenvalue weighted by atomic mass is 16.5. The number of piperidine rings is 1. The minimum Gasteiger partial charge on any atom is -0.493 e. The smallest absolute Gasteiger partial charge is 0.255 e. The van der Waals surface area contributed by atoms with Crippen LogP contribution in [0.5, 0.6) is 11.5 Å². The van der Waals surface area contributed by atoms with Crippen molar-refractivity contribution in [3.05, 3.63) is 48.0 Å². The molecular weight excluding hydrogens is 418 g/mol. The molecule has 7 nitrogen and oxygen atoms in total. The van der Waals surface area contributed by atoms with Crippen LogP contribution < -0.4 is 25.4 Å². The van der Waals surface area contributed by atoms with E-state index in [0.29, 0.717) is 36.5 Å². The standard InChI is InChI=1S/C26H35N3O4/c1-3-4-5-8-17-33-23-12-11-20(18-24(23)32-2)26(31)28-21-9-6-7-10-22(21)29-15-13-19(14-16-29)25(27)30/h6-7,9-12,18-19H,3-5,8,13-17H2,1-2H3,(H2,27,30)(H,28,31). The third-order valence-corrected chi connectivity index (χ3v) is 6.07. The van der Waals surface area contributed by atoms with Crippen LogP contribution in [-0.4, -0.2) is 38.6 Å². The lowest BCUT2D eigenvalue weighted by molar-refractivity contribution is -0.122. The van der Waals surface area contributed by atoms with Gasteiger partial charge >= 0.3 is 0 Å². The maximum absolute atomic E-state index is 13.0. The Bertz CT molecular complexity index is 939. The Morgan fingerprint density at radius 1 is 1.06 bits per heavy atom. The van der Waals surface area contributed by atoms with Gasteiger partial charge in [0.25, 0.3) is 5.91 Å². The predicted octanol–water partition coefficient (Wildman–Crippen LogP) is 4.61. The lowest BCUT2D eigenvalue weighted by Crippen LogP contribution is -2.38. The van der Waals surface area contributed by atoms with Crippen LogP contribution in [0.3, 0.4) is 0 Å². The van der Waals surface area contributed by atoms with Crippen LogP contribution in [0.15, 0.2) is 42.5 Å². The number of hydrogen-bond donors (Lipinski definition) is 2. The first-order valence-electron chi connectivity index (χ1n) is 11.8. The minimum atomic E-state index is -0.237. The van der Waals surface area contributed by atoms with Gasteiger partial charge in [-0.25, -0.2) is 0 Å². The number of primary amides is 1. The van der Waals surface area contributed by atoms with Gasteiger partial charge in [0.1, 0.15) is 0 Å². The highest BCUT2D eigenvalue weighted by molar-refractivity contribution is 6.06. The van der Waals surface area contributed by atoms with Crippen LogP contribution in [0.25, 0.3) is 0 Å². The number of nitrogens with two attached hydrogens (primary N) is 1. The number of nitrogens with zero attached hydrogens (tertiary/aromatic N) is 1. The second-order valence-corrected chi connectivity index (χ2v) is 8.41. The fourth-order valence-corrected chi connectivity index (χ4v) is 4.09. The number of amides is 2. The molecule has 0 bridgehead atoms. The molecule has 178 valence electrons. The third-order valence-electron chi connectivity index (χ3n) is 6.07. The van der Waals surface area contributed by atoms with Crippen molar-refractivity contribution in [2.24, 2.45) is 11.7 Å². The summed E-state index contributed by atoms with van der Waals surface area (Å²) in [5.74, 6) is 0.645. The third kappa shape index (κ3) is 6.63. The molecule has 2 amide bonds. The van der Waals surface area contributed by atoms with Crippen molar-refractivity contribution in [2.45, 2.75) is 45.4 Å². The van der Waals surface area contributed by atoms with E-state index in [9.17, 15) is 9.59 Å². The number of carbonyl (C=O) groups is 2. The quantitative estimate of drug-likeness (QED) is 0.485. The normalized spacial score (nSPS) is 14.1. The summed E-state index contributed by atoms with van der Waals surface area (Å²) in [5.41, 5.74) is 7.62. The van der Waals surface area contributed by atoms with Crippen molar-refractivity contribution >= 4 is 23.2 Å². The molecule has 0 atom stereocenters. The van der Waals surface area contributed by atoms with E-state index in [-0.39, 0.29) is 17.7 Å². The predicted molar refractivity (Wildman–Crippen MR) is 131 cm³/mol. The SMILES string of the molecule is CCCCCCOc1ccc(C(=O)Nc2ccccc2N2CCC(C(N)=O)CC2)cc1OC. The van der Waals surface area contributed by atoms with E-state index in [0.717, 1.165) is 37.3 Å². The maximum atomic E-state index is 13.0. The Kier molecular flexibility index (Phi) is 8.98. The first-order chi connectivity index (χ1) is 16.0. The molecule has 3 N–H and O–H groups in total. The summed E-state index contributed by atoms with van der Waals surface area (Å²) in [5, 5.41) is 3.03. The summed E-state index contributed by atoms with van der Waals surface area (Å²) in [7, 11) is 1.58. The van der Waals surface area contributed by atoms with Gasteiger partial charge in [0, 0.05) is 24.6 Å².